The van der Waals surface area contributed by atoms with Crippen molar-refractivity contribution in [1.29, 1.82) is 0 Å². The van der Waals surface area contributed by atoms with Crippen molar-refractivity contribution in [1.82, 2.24) is 4.90 Å². The number of benzene rings is 2. The van der Waals surface area contributed by atoms with E-state index in [1.165, 1.54) is 30.3 Å². The second-order valence-electron chi connectivity index (χ2n) is 7.91. The lowest BCUT2D eigenvalue weighted by atomic mass is 10.1. The molecule has 2 aromatic carbocycles. The number of rotatable bonds is 9. The van der Waals surface area contributed by atoms with Gasteiger partial charge in [0.2, 0.25) is 0 Å². The van der Waals surface area contributed by atoms with Crippen molar-refractivity contribution in [2.24, 2.45) is 0 Å². The van der Waals surface area contributed by atoms with E-state index in [-0.39, 0.29) is 49.5 Å². The van der Waals surface area contributed by atoms with E-state index >= 15 is 0 Å². The van der Waals surface area contributed by atoms with E-state index in [4.69, 9.17) is 28.4 Å². The summed E-state index contributed by atoms with van der Waals surface area (Å²) >= 11 is 0. The van der Waals surface area contributed by atoms with Gasteiger partial charge in [-0.2, -0.15) is 0 Å². The smallest absolute Gasteiger partial charge is 0.338 e. The van der Waals surface area contributed by atoms with E-state index in [9.17, 15) is 19.7 Å². The number of hydrogen-bond donors (Lipinski definition) is 0. The highest BCUT2D eigenvalue weighted by molar-refractivity contribution is 5.90. The van der Waals surface area contributed by atoms with Crippen molar-refractivity contribution in [2.75, 3.05) is 46.3 Å². The van der Waals surface area contributed by atoms with Gasteiger partial charge in [-0.25, -0.2) is 4.79 Å². The third-order valence-corrected chi connectivity index (χ3v) is 5.54. The minimum atomic E-state index is -0.667. The highest BCUT2D eigenvalue weighted by Gasteiger charge is 2.23. The standard InChI is InChI=1S/C24H26N2O10/c1-2-33-21-11-16(3-4-20(21)34-14-22(27)25-5-7-31-8-6-25)24(28)35-13-18-10-19(26(29)30)9-17-12-32-15-36-23(17)18/h3-4,9-11H,2,5-8,12-15H2,1H3. The maximum atomic E-state index is 12.8. The van der Waals surface area contributed by atoms with E-state index in [0.717, 1.165) is 0 Å². The summed E-state index contributed by atoms with van der Waals surface area (Å²) < 4.78 is 32.6. The molecular formula is C24H26N2O10. The number of carbonyl (C=O) groups is 2. The van der Waals surface area contributed by atoms with Gasteiger partial charge >= 0.3 is 5.97 Å². The molecule has 0 radical (unpaired) electrons. The molecule has 0 unspecified atom stereocenters. The number of fused-ring (bicyclic) bond motifs is 1. The molecule has 0 saturated carbocycles. The van der Waals surface area contributed by atoms with Crippen molar-refractivity contribution in [3.05, 3.63) is 57.1 Å². The molecular weight excluding hydrogens is 476 g/mol. The topological polar surface area (TPSA) is 136 Å². The molecule has 12 heteroatoms. The van der Waals surface area contributed by atoms with Gasteiger partial charge in [0.1, 0.15) is 12.4 Å². The summed E-state index contributed by atoms with van der Waals surface area (Å²) in [6.07, 6.45) is 0. The minimum Gasteiger partial charge on any atom is -0.490 e. The fourth-order valence-corrected chi connectivity index (χ4v) is 3.79. The Kier molecular flexibility index (Phi) is 8.18. The van der Waals surface area contributed by atoms with Crippen LogP contribution in [-0.2, 0) is 32.2 Å². The molecule has 0 bridgehead atoms. The zero-order chi connectivity index (χ0) is 25.5. The predicted octanol–water partition coefficient (Wildman–Crippen LogP) is 2.45. The summed E-state index contributed by atoms with van der Waals surface area (Å²) in [6.45, 7) is 3.84. The van der Waals surface area contributed by atoms with Crippen molar-refractivity contribution < 1.29 is 42.9 Å². The monoisotopic (exact) mass is 502 g/mol. The summed E-state index contributed by atoms with van der Waals surface area (Å²) in [5.41, 5.74) is 0.908. The number of amides is 1. The molecule has 36 heavy (non-hydrogen) atoms. The molecule has 1 amide bonds. The molecule has 4 rings (SSSR count). The first-order chi connectivity index (χ1) is 17.5. The van der Waals surface area contributed by atoms with Crippen molar-refractivity contribution in [3.8, 4) is 17.2 Å². The normalized spacial score (nSPS) is 14.9. The van der Waals surface area contributed by atoms with E-state index < -0.39 is 10.9 Å². The van der Waals surface area contributed by atoms with Gasteiger partial charge in [-0.3, -0.25) is 14.9 Å². The van der Waals surface area contributed by atoms with Crippen LogP contribution in [0.25, 0.3) is 0 Å². The number of carbonyl (C=O) groups excluding carboxylic acids is 2. The molecule has 2 heterocycles. The number of non-ortho nitro benzene ring substituents is 1. The van der Waals surface area contributed by atoms with Gasteiger partial charge in [0.05, 0.1) is 36.9 Å². The van der Waals surface area contributed by atoms with Crippen LogP contribution in [0.4, 0.5) is 5.69 Å². The highest BCUT2D eigenvalue weighted by Crippen LogP contribution is 2.34. The van der Waals surface area contributed by atoms with E-state index in [2.05, 4.69) is 0 Å². The van der Waals surface area contributed by atoms with Crippen LogP contribution in [0.1, 0.15) is 28.4 Å². The zero-order valence-corrected chi connectivity index (χ0v) is 19.7. The van der Waals surface area contributed by atoms with Crippen LogP contribution in [0.3, 0.4) is 0 Å². The first kappa shape index (κ1) is 25.2. The molecule has 12 nitrogen and oxygen atoms in total. The second-order valence-corrected chi connectivity index (χ2v) is 7.91. The number of nitro groups is 1. The second kappa shape index (κ2) is 11.7. The Hall–Kier alpha value is -3.90. The largest absolute Gasteiger partial charge is 0.490 e. The molecule has 2 aliphatic heterocycles. The number of ether oxygens (including phenoxy) is 6. The molecule has 0 spiro atoms. The van der Waals surface area contributed by atoms with Crippen molar-refractivity contribution >= 4 is 17.6 Å². The Labute approximate surface area is 206 Å². The number of hydrogen-bond acceptors (Lipinski definition) is 10. The van der Waals surface area contributed by atoms with Gasteiger partial charge in [0.15, 0.2) is 24.9 Å². The van der Waals surface area contributed by atoms with Gasteiger partial charge in [-0.15, -0.1) is 0 Å². The van der Waals surface area contributed by atoms with Gasteiger partial charge in [0, 0.05) is 36.3 Å². The quantitative estimate of drug-likeness (QED) is 0.286. The van der Waals surface area contributed by atoms with Gasteiger partial charge in [-0.05, 0) is 25.1 Å². The van der Waals surface area contributed by atoms with Crippen LogP contribution >= 0.6 is 0 Å². The third kappa shape index (κ3) is 6.01. The number of morpholine rings is 1. The van der Waals surface area contributed by atoms with Crippen molar-refractivity contribution in [2.45, 2.75) is 20.1 Å². The molecule has 0 N–H and O–H groups in total. The number of nitro benzene ring substituents is 1. The van der Waals surface area contributed by atoms with Crippen LogP contribution in [0, 0.1) is 10.1 Å². The molecule has 0 atom stereocenters. The third-order valence-electron chi connectivity index (χ3n) is 5.54. The van der Waals surface area contributed by atoms with Crippen LogP contribution in [0.15, 0.2) is 30.3 Å². The van der Waals surface area contributed by atoms with Gasteiger partial charge in [0.25, 0.3) is 11.6 Å². The summed E-state index contributed by atoms with van der Waals surface area (Å²) in [4.78, 5) is 37.5. The number of nitrogens with zero attached hydrogens (tertiary/aromatic N) is 2. The van der Waals surface area contributed by atoms with E-state index in [1.807, 2.05) is 0 Å². The lowest BCUT2D eigenvalue weighted by Crippen LogP contribution is -2.43. The van der Waals surface area contributed by atoms with Crippen LogP contribution in [0.2, 0.25) is 0 Å². The molecule has 192 valence electrons. The lowest BCUT2D eigenvalue weighted by Gasteiger charge is -2.26. The Bertz CT molecular complexity index is 1130. The summed E-state index contributed by atoms with van der Waals surface area (Å²) in [5, 5.41) is 11.3. The summed E-state index contributed by atoms with van der Waals surface area (Å²) in [6, 6.07) is 7.17. The summed E-state index contributed by atoms with van der Waals surface area (Å²) in [5.74, 6) is 0.172. The molecule has 1 saturated heterocycles. The summed E-state index contributed by atoms with van der Waals surface area (Å²) in [7, 11) is 0. The van der Waals surface area contributed by atoms with Gasteiger partial charge < -0.3 is 33.3 Å². The van der Waals surface area contributed by atoms with E-state index in [1.54, 1.807) is 11.8 Å². The average Bonchev–Trinajstić information content (AvgIpc) is 2.91. The van der Waals surface area contributed by atoms with Crippen LogP contribution in [-0.4, -0.2) is 68.0 Å². The fraction of sp³-hybridized carbons (Fsp3) is 0.417. The Morgan fingerprint density at radius 2 is 1.89 bits per heavy atom. The average molecular weight is 502 g/mol. The lowest BCUT2D eigenvalue weighted by molar-refractivity contribution is -0.385. The first-order valence-corrected chi connectivity index (χ1v) is 11.4. The maximum absolute atomic E-state index is 12.8. The predicted molar refractivity (Wildman–Crippen MR) is 123 cm³/mol. The fourth-order valence-electron chi connectivity index (χ4n) is 3.79. The maximum Gasteiger partial charge on any atom is 0.338 e. The Balaban J connectivity index is 1.43. The van der Waals surface area contributed by atoms with Crippen LogP contribution < -0.4 is 14.2 Å². The minimum absolute atomic E-state index is 0.00102. The highest BCUT2D eigenvalue weighted by atomic mass is 16.7. The molecule has 2 aliphatic rings. The Morgan fingerprint density at radius 3 is 2.64 bits per heavy atom. The molecule has 1 fully saturated rings. The molecule has 0 aromatic heterocycles. The first-order valence-electron chi connectivity index (χ1n) is 11.4. The number of esters is 1. The zero-order valence-electron chi connectivity index (χ0n) is 19.7. The van der Waals surface area contributed by atoms with Crippen molar-refractivity contribution in [3.63, 3.8) is 0 Å². The Morgan fingerprint density at radius 1 is 1.08 bits per heavy atom. The van der Waals surface area contributed by atoms with E-state index in [0.29, 0.717) is 55.5 Å². The molecule has 0 aliphatic carbocycles. The van der Waals surface area contributed by atoms with Crippen LogP contribution in [0.5, 0.6) is 17.2 Å². The van der Waals surface area contributed by atoms with Gasteiger partial charge in [-0.1, -0.05) is 0 Å². The molecule has 2 aromatic rings. The SMILES string of the molecule is CCOc1cc(C(=O)OCc2cc([N+](=O)[O-])cc3c2OCOC3)ccc1OCC(=O)N1CCOCC1.